The average Bonchev–Trinajstić information content (AvgIpc) is 2.17. The van der Waals surface area contributed by atoms with Crippen LogP contribution < -0.4 is 10.3 Å². The standard InChI is InChI=1S/C8H4BrF6NO2/c9-2-3-1-4(7(10,11)12)5(6(17)16-3)18-8(13,14)15/h1H,2H2,(H,16,17). The highest BCUT2D eigenvalue weighted by Gasteiger charge is 2.41. The second-order valence-electron chi connectivity index (χ2n) is 3.05. The van der Waals surface area contributed by atoms with Crippen LogP contribution in [0.4, 0.5) is 26.3 Å². The molecule has 18 heavy (non-hydrogen) atoms. The Hall–Kier alpha value is -1.19. The fourth-order valence-corrected chi connectivity index (χ4v) is 1.40. The van der Waals surface area contributed by atoms with Crippen molar-refractivity contribution in [3.05, 3.63) is 27.7 Å². The number of pyridine rings is 1. The highest BCUT2D eigenvalue weighted by Crippen LogP contribution is 2.36. The summed E-state index contributed by atoms with van der Waals surface area (Å²) in [6, 6.07) is 0.372. The second-order valence-corrected chi connectivity index (χ2v) is 3.61. The Morgan fingerprint density at radius 1 is 1.22 bits per heavy atom. The number of rotatable bonds is 2. The van der Waals surface area contributed by atoms with E-state index in [1.165, 1.54) is 0 Å². The van der Waals surface area contributed by atoms with E-state index in [2.05, 4.69) is 20.7 Å². The zero-order valence-corrected chi connectivity index (χ0v) is 9.83. The molecule has 0 saturated carbocycles. The summed E-state index contributed by atoms with van der Waals surface area (Å²) in [5, 5.41) is -0.155. The summed E-state index contributed by atoms with van der Waals surface area (Å²) in [6.45, 7) is 0. The Kier molecular flexibility index (Phi) is 3.99. The number of halogens is 7. The van der Waals surface area contributed by atoms with Gasteiger partial charge in [0.15, 0.2) is 0 Å². The second kappa shape index (κ2) is 4.82. The van der Waals surface area contributed by atoms with E-state index in [-0.39, 0.29) is 11.0 Å². The first kappa shape index (κ1) is 14.9. The zero-order chi connectivity index (χ0) is 14.1. The minimum atomic E-state index is -5.39. The molecule has 1 rings (SSSR count). The number of H-pyrrole nitrogens is 1. The molecule has 0 fully saturated rings. The Bertz CT molecular complexity index is 492. The molecule has 0 amide bonds. The van der Waals surface area contributed by atoms with E-state index in [1.807, 2.05) is 4.98 Å². The van der Waals surface area contributed by atoms with Gasteiger partial charge in [-0.25, -0.2) is 0 Å². The van der Waals surface area contributed by atoms with Crippen LogP contribution in [0.1, 0.15) is 11.3 Å². The third-order valence-electron chi connectivity index (χ3n) is 1.71. The van der Waals surface area contributed by atoms with Crippen LogP contribution in [0.5, 0.6) is 5.75 Å². The van der Waals surface area contributed by atoms with E-state index in [9.17, 15) is 31.1 Å². The van der Waals surface area contributed by atoms with Gasteiger partial charge in [-0.15, -0.1) is 13.2 Å². The van der Waals surface area contributed by atoms with Gasteiger partial charge in [0.25, 0.3) is 5.56 Å². The van der Waals surface area contributed by atoms with Crippen LogP contribution in [0.15, 0.2) is 10.9 Å². The lowest BCUT2D eigenvalue weighted by Gasteiger charge is -2.15. The van der Waals surface area contributed by atoms with Crippen molar-refractivity contribution in [3.63, 3.8) is 0 Å². The first-order valence-electron chi connectivity index (χ1n) is 4.19. The van der Waals surface area contributed by atoms with Crippen LogP contribution in [0.25, 0.3) is 0 Å². The molecule has 102 valence electrons. The average molecular weight is 340 g/mol. The Balaban J connectivity index is 3.44. The number of hydrogen-bond acceptors (Lipinski definition) is 2. The molecule has 0 aliphatic carbocycles. The van der Waals surface area contributed by atoms with Crippen LogP contribution in [-0.4, -0.2) is 11.3 Å². The number of aromatic nitrogens is 1. The smallest absolute Gasteiger partial charge is 0.399 e. The predicted molar refractivity (Wildman–Crippen MR) is 51.4 cm³/mol. The number of alkyl halides is 7. The normalized spacial score (nSPS) is 12.6. The maximum absolute atomic E-state index is 12.5. The van der Waals surface area contributed by atoms with Gasteiger partial charge in [0.2, 0.25) is 5.75 Å². The molecule has 0 saturated heterocycles. The van der Waals surface area contributed by atoms with Gasteiger partial charge in [-0.1, -0.05) is 15.9 Å². The van der Waals surface area contributed by atoms with Gasteiger partial charge >= 0.3 is 12.5 Å². The highest BCUT2D eigenvalue weighted by molar-refractivity contribution is 9.08. The molecule has 1 aromatic rings. The van der Waals surface area contributed by atoms with Crippen LogP contribution >= 0.6 is 15.9 Å². The molecule has 1 aromatic heterocycles. The third-order valence-corrected chi connectivity index (χ3v) is 2.31. The van der Waals surface area contributed by atoms with Gasteiger partial charge in [0.05, 0.1) is 0 Å². The first-order chi connectivity index (χ1) is 8.04. The summed E-state index contributed by atoms with van der Waals surface area (Å²) in [7, 11) is 0. The largest absolute Gasteiger partial charge is 0.573 e. The van der Waals surface area contributed by atoms with E-state index < -0.39 is 29.4 Å². The fourth-order valence-electron chi connectivity index (χ4n) is 1.10. The van der Waals surface area contributed by atoms with Crippen molar-refractivity contribution < 1.29 is 31.1 Å². The van der Waals surface area contributed by atoms with Gasteiger partial charge in [-0.05, 0) is 6.07 Å². The van der Waals surface area contributed by atoms with E-state index in [0.29, 0.717) is 6.07 Å². The Labute approximate surface area is 104 Å². The monoisotopic (exact) mass is 339 g/mol. The first-order valence-corrected chi connectivity index (χ1v) is 5.32. The van der Waals surface area contributed by atoms with Crippen molar-refractivity contribution >= 4 is 15.9 Å². The summed E-state index contributed by atoms with van der Waals surface area (Å²) in [4.78, 5) is 13.0. The van der Waals surface area contributed by atoms with E-state index >= 15 is 0 Å². The fraction of sp³-hybridized carbons (Fsp3) is 0.375. The van der Waals surface area contributed by atoms with Gasteiger partial charge in [-0.2, -0.15) is 13.2 Å². The molecule has 0 aromatic carbocycles. The van der Waals surface area contributed by atoms with Crippen molar-refractivity contribution in [2.75, 3.05) is 0 Å². The molecule has 3 nitrogen and oxygen atoms in total. The van der Waals surface area contributed by atoms with Crippen molar-refractivity contribution in [2.24, 2.45) is 0 Å². The molecule has 0 radical (unpaired) electrons. The van der Waals surface area contributed by atoms with E-state index in [4.69, 9.17) is 0 Å². The number of hydrogen-bond donors (Lipinski definition) is 1. The molecule has 0 unspecified atom stereocenters. The molecule has 0 aliphatic rings. The SMILES string of the molecule is O=c1[nH]c(CBr)cc(C(F)(F)F)c1OC(F)(F)F. The summed E-state index contributed by atoms with van der Waals surface area (Å²) < 4.78 is 76.4. The number of aromatic amines is 1. The summed E-state index contributed by atoms with van der Waals surface area (Å²) in [5.74, 6) is -1.82. The lowest BCUT2D eigenvalue weighted by Crippen LogP contribution is -2.27. The summed E-state index contributed by atoms with van der Waals surface area (Å²) in [6.07, 6.45) is -10.5. The molecule has 0 spiro atoms. The lowest BCUT2D eigenvalue weighted by atomic mass is 10.2. The summed E-state index contributed by atoms with van der Waals surface area (Å²) >= 11 is 2.78. The predicted octanol–water partition coefficient (Wildman–Crippen LogP) is 3.19. The lowest BCUT2D eigenvalue weighted by molar-refractivity contribution is -0.276. The third kappa shape index (κ3) is 3.65. The molecule has 0 aliphatic heterocycles. The molecule has 1 heterocycles. The van der Waals surface area contributed by atoms with Crippen molar-refractivity contribution in [1.29, 1.82) is 0 Å². The number of nitrogens with one attached hydrogen (secondary N) is 1. The summed E-state index contributed by atoms with van der Waals surface area (Å²) in [5.41, 5.74) is -3.60. The van der Waals surface area contributed by atoms with Crippen LogP contribution in [0.2, 0.25) is 0 Å². The maximum Gasteiger partial charge on any atom is 0.573 e. The van der Waals surface area contributed by atoms with Gasteiger partial charge in [0, 0.05) is 11.0 Å². The quantitative estimate of drug-likeness (QED) is 0.664. The van der Waals surface area contributed by atoms with E-state index in [0.717, 1.165) is 0 Å². The molecule has 1 N–H and O–H groups in total. The minimum Gasteiger partial charge on any atom is -0.399 e. The van der Waals surface area contributed by atoms with Crippen molar-refractivity contribution in [1.82, 2.24) is 4.98 Å². The Morgan fingerprint density at radius 2 is 1.78 bits per heavy atom. The molecule has 0 bridgehead atoms. The molecular weight excluding hydrogens is 336 g/mol. The van der Waals surface area contributed by atoms with Crippen molar-refractivity contribution in [3.8, 4) is 5.75 Å². The van der Waals surface area contributed by atoms with Crippen LogP contribution in [0, 0.1) is 0 Å². The number of ether oxygens (including phenoxy) is 1. The van der Waals surface area contributed by atoms with Crippen LogP contribution in [-0.2, 0) is 11.5 Å². The van der Waals surface area contributed by atoms with Crippen molar-refractivity contribution in [2.45, 2.75) is 17.9 Å². The Morgan fingerprint density at radius 3 is 2.17 bits per heavy atom. The van der Waals surface area contributed by atoms with Gasteiger partial charge in [0.1, 0.15) is 5.56 Å². The van der Waals surface area contributed by atoms with Crippen LogP contribution in [0.3, 0.4) is 0 Å². The molecule has 10 heteroatoms. The van der Waals surface area contributed by atoms with E-state index in [1.54, 1.807) is 0 Å². The topological polar surface area (TPSA) is 42.1 Å². The minimum absolute atomic E-state index is 0.155. The maximum atomic E-state index is 12.5. The zero-order valence-electron chi connectivity index (χ0n) is 8.25. The molecular formula is C8H4BrF6NO2. The van der Waals surface area contributed by atoms with Gasteiger partial charge in [-0.3, -0.25) is 4.79 Å². The highest BCUT2D eigenvalue weighted by atomic mass is 79.9. The van der Waals surface area contributed by atoms with Gasteiger partial charge < -0.3 is 9.72 Å². The molecule has 0 atom stereocenters.